The maximum absolute atomic E-state index is 12.7. The first-order valence-electron chi connectivity index (χ1n) is 13.1. The van der Waals surface area contributed by atoms with E-state index in [1.807, 2.05) is 79.1 Å². The van der Waals surface area contributed by atoms with Gasteiger partial charge in [0.25, 0.3) is 0 Å². The summed E-state index contributed by atoms with van der Waals surface area (Å²) in [7, 11) is 0. The standard InChI is InChI=1S/C31H33N5O3S/c1-3-22(2)29(35-30(37)17-27-10-6-14-40-27)16-25-19-33-36-28(25)12-11-23-7-4-9-26(15-23)34-31(38)21-39-20-24-8-5-13-32-18-24/h4-16,18,33H,3,17,19-21H2,1-2H3,(H,34,38)(H,35,37)/b12-11+,25-16+,29-22+. The topological polar surface area (TPSA) is 105 Å². The molecule has 0 spiro atoms. The van der Waals surface area contributed by atoms with Crippen molar-refractivity contribution in [3.63, 3.8) is 0 Å². The minimum Gasteiger partial charge on any atom is -0.367 e. The number of allylic oxidation sites excluding steroid dienone is 3. The molecule has 9 heteroatoms. The molecule has 0 unspecified atom stereocenters. The third-order valence-electron chi connectivity index (χ3n) is 6.12. The summed E-state index contributed by atoms with van der Waals surface area (Å²) < 4.78 is 5.49. The van der Waals surface area contributed by atoms with Gasteiger partial charge in [-0.25, -0.2) is 0 Å². The molecule has 1 aliphatic rings. The fraction of sp³-hybridized carbons (Fsp3) is 0.226. The lowest BCUT2D eigenvalue weighted by Gasteiger charge is -2.11. The van der Waals surface area contributed by atoms with Crippen LogP contribution in [0, 0.1) is 0 Å². The van der Waals surface area contributed by atoms with Crippen LogP contribution in [0.2, 0.25) is 0 Å². The van der Waals surface area contributed by atoms with Crippen molar-refractivity contribution in [2.24, 2.45) is 5.10 Å². The molecule has 3 N–H and O–H groups in total. The van der Waals surface area contributed by atoms with Gasteiger partial charge in [-0.3, -0.25) is 14.6 Å². The van der Waals surface area contributed by atoms with E-state index in [0.29, 0.717) is 25.3 Å². The molecular weight excluding hydrogens is 522 g/mol. The summed E-state index contributed by atoms with van der Waals surface area (Å²) in [4.78, 5) is 30.1. The quantitative estimate of drug-likeness (QED) is 0.284. The van der Waals surface area contributed by atoms with E-state index in [9.17, 15) is 9.59 Å². The molecule has 0 bridgehead atoms. The van der Waals surface area contributed by atoms with Gasteiger partial charge in [0.15, 0.2) is 0 Å². The van der Waals surface area contributed by atoms with Crippen LogP contribution >= 0.6 is 11.3 Å². The number of hydrazone groups is 1. The normalized spacial score (nSPS) is 14.6. The van der Waals surface area contributed by atoms with Crippen molar-refractivity contribution in [3.8, 4) is 0 Å². The van der Waals surface area contributed by atoms with Crippen LogP contribution in [0.3, 0.4) is 0 Å². The van der Waals surface area contributed by atoms with Gasteiger partial charge in [0.05, 0.1) is 25.3 Å². The zero-order chi connectivity index (χ0) is 28.2. The first-order valence-corrected chi connectivity index (χ1v) is 14.0. The van der Waals surface area contributed by atoms with Gasteiger partial charge >= 0.3 is 0 Å². The summed E-state index contributed by atoms with van der Waals surface area (Å²) in [6.45, 7) is 4.93. The SMILES string of the molecule is CC/C(C)=C(\C=C1/CNN=C1/C=C/c1cccc(NC(=O)COCc2cccnc2)c1)NC(=O)Cc1cccs1. The largest absolute Gasteiger partial charge is 0.367 e. The highest BCUT2D eigenvalue weighted by Gasteiger charge is 2.14. The summed E-state index contributed by atoms with van der Waals surface area (Å²) in [5.74, 6) is -0.269. The smallest absolute Gasteiger partial charge is 0.250 e. The lowest BCUT2D eigenvalue weighted by Crippen LogP contribution is -2.25. The number of aromatic nitrogens is 1. The van der Waals surface area contributed by atoms with E-state index < -0.39 is 0 Å². The summed E-state index contributed by atoms with van der Waals surface area (Å²) in [5, 5.41) is 12.4. The van der Waals surface area contributed by atoms with Gasteiger partial charge in [0.2, 0.25) is 11.8 Å². The summed E-state index contributed by atoms with van der Waals surface area (Å²) >= 11 is 1.57. The highest BCUT2D eigenvalue weighted by Crippen LogP contribution is 2.17. The fourth-order valence-corrected chi connectivity index (χ4v) is 4.58. The molecule has 1 aromatic carbocycles. The molecule has 2 aromatic heterocycles. The van der Waals surface area contributed by atoms with Crippen molar-refractivity contribution < 1.29 is 14.3 Å². The lowest BCUT2D eigenvalue weighted by molar-refractivity contribution is -0.121. The van der Waals surface area contributed by atoms with Crippen LogP contribution in [-0.4, -0.2) is 35.7 Å². The van der Waals surface area contributed by atoms with Crippen LogP contribution in [0.25, 0.3) is 6.08 Å². The summed E-state index contributed by atoms with van der Waals surface area (Å²) in [5.41, 5.74) is 9.20. The predicted octanol–water partition coefficient (Wildman–Crippen LogP) is 5.24. The first-order chi connectivity index (χ1) is 19.5. The molecule has 3 heterocycles. The Bertz CT molecular complexity index is 1430. The molecule has 40 heavy (non-hydrogen) atoms. The van der Waals surface area contributed by atoms with Gasteiger partial charge in [-0.2, -0.15) is 5.10 Å². The molecule has 0 atom stereocenters. The van der Waals surface area contributed by atoms with Gasteiger partial charge in [0, 0.05) is 34.2 Å². The van der Waals surface area contributed by atoms with Crippen LogP contribution < -0.4 is 16.1 Å². The van der Waals surface area contributed by atoms with E-state index >= 15 is 0 Å². The second-order valence-corrected chi connectivity index (χ2v) is 10.2. The molecule has 206 valence electrons. The lowest BCUT2D eigenvalue weighted by atomic mass is 10.1. The van der Waals surface area contributed by atoms with Crippen molar-refractivity contribution >= 4 is 40.6 Å². The zero-order valence-corrected chi connectivity index (χ0v) is 23.5. The number of thiophene rings is 1. The van der Waals surface area contributed by atoms with E-state index in [4.69, 9.17) is 4.74 Å². The van der Waals surface area contributed by atoms with Crippen LogP contribution in [0.15, 0.2) is 100 Å². The molecule has 0 fully saturated rings. The van der Waals surface area contributed by atoms with Crippen LogP contribution in [0.5, 0.6) is 0 Å². The number of ether oxygens (including phenoxy) is 1. The second-order valence-electron chi connectivity index (χ2n) is 9.21. The average Bonchev–Trinajstić information content (AvgIpc) is 3.64. The number of carbonyl (C=O) groups is 2. The number of benzene rings is 1. The van der Waals surface area contributed by atoms with Crippen LogP contribution in [0.4, 0.5) is 5.69 Å². The summed E-state index contributed by atoms with van der Waals surface area (Å²) in [6, 6.07) is 15.2. The highest BCUT2D eigenvalue weighted by molar-refractivity contribution is 7.10. The predicted molar refractivity (Wildman–Crippen MR) is 161 cm³/mol. The molecule has 4 rings (SSSR count). The third kappa shape index (κ3) is 8.86. The van der Waals surface area contributed by atoms with E-state index in [1.54, 1.807) is 23.7 Å². The van der Waals surface area contributed by atoms with Crippen molar-refractivity contribution in [1.29, 1.82) is 0 Å². The van der Waals surface area contributed by atoms with Crippen molar-refractivity contribution in [2.45, 2.75) is 33.3 Å². The van der Waals surface area contributed by atoms with Crippen molar-refractivity contribution in [2.75, 3.05) is 18.5 Å². The highest BCUT2D eigenvalue weighted by atomic mass is 32.1. The molecule has 8 nitrogen and oxygen atoms in total. The Morgan fingerprint density at radius 1 is 1.12 bits per heavy atom. The number of anilines is 1. The molecule has 1 aliphatic heterocycles. The minimum absolute atomic E-state index is 0.0385. The number of amides is 2. The Labute approximate surface area is 238 Å². The zero-order valence-electron chi connectivity index (χ0n) is 22.6. The Morgan fingerprint density at radius 3 is 2.80 bits per heavy atom. The Hall–Kier alpha value is -4.34. The Balaban J connectivity index is 1.36. The van der Waals surface area contributed by atoms with Gasteiger partial charge in [-0.05, 0) is 71.8 Å². The van der Waals surface area contributed by atoms with Crippen molar-refractivity contribution in [1.82, 2.24) is 15.7 Å². The van der Waals surface area contributed by atoms with Crippen molar-refractivity contribution in [3.05, 3.63) is 111 Å². The van der Waals surface area contributed by atoms with E-state index in [2.05, 4.69) is 33.1 Å². The number of pyridine rings is 1. The number of hydrogen-bond donors (Lipinski definition) is 3. The molecule has 3 aromatic rings. The Morgan fingerprint density at radius 2 is 2.02 bits per heavy atom. The average molecular weight is 556 g/mol. The van der Waals surface area contributed by atoms with E-state index in [-0.39, 0.29) is 18.4 Å². The maximum Gasteiger partial charge on any atom is 0.250 e. The Kier molecular flexibility index (Phi) is 10.5. The molecular formula is C31H33N5O3S. The second kappa shape index (κ2) is 14.7. The monoisotopic (exact) mass is 555 g/mol. The number of carbonyl (C=O) groups excluding carboxylic acids is 2. The van der Waals surface area contributed by atoms with Crippen LogP contribution in [0.1, 0.15) is 36.3 Å². The maximum atomic E-state index is 12.7. The van der Waals surface area contributed by atoms with Gasteiger partial charge in [-0.1, -0.05) is 37.3 Å². The minimum atomic E-state index is -0.230. The molecule has 2 amide bonds. The molecule has 0 saturated heterocycles. The van der Waals surface area contributed by atoms with E-state index in [1.165, 1.54) is 0 Å². The number of hydrogen-bond acceptors (Lipinski definition) is 7. The first kappa shape index (κ1) is 28.7. The van der Waals surface area contributed by atoms with Gasteiger partial charge < -0.3 is 20.8 Å². The number of rotatable bonds is 12. The van der Waals surface area contributed by atoms with Gasteiger partial charge in [0.1, 0.15) is 6.61 Å². The van der Waals surface area contributed by atoms with Crippen LogP contribution in [-0.2, 0) is 27.4 Å². The number of nitrogens with one attached hydrogen (secondary N) is 3. The van der Waals surface area contributed by atoms with E-state index in [0.717, 1.165) is 45.0 Å². The molecule has 0 radical (unpaired) electrons. The fourth-order valence-electron chi connectivity index (χ4n) is 3.88. The third-order valence-corrected chi connectivity index (χ3v) is 7.00. The summed E-state index contributed by atoms with van der Waals surface area (Å²) in [6.07, 6.45) is 10.4. The molecule has 0 aliphatic carbocycles. The molecule has 0 saturated carbocycles. The van der Waals surface area contributed by atoms with Gasteiger partial charge in [-0.15, -0.1) is 11.3 Å². The number of nitrogens with zero attached hydrogens (tertiary/aromatic N) is 2.